The topological polar surface area (TPSA) is 38.3 Å². The molecule has 0 aromatic heterocycles. The normalized spacial score (nSPS) is 12.4. The Kier molecular flexibility index (Phi) is 7.60. The van der Waals surface area contributed by atoms with E-state index in [2.05, 4.69) is 19.2 Å². The summed E-state index contributed by atoms with van der Waals surface area (Å²) in [6, 6.07) is 10.1. The Morgan fingerprint density at radius 3 is 2.58 bits per heavy atom. The van der Waals surface area contributed by atoms with E-state index in [0.29, 0.717) is 18.3 Å². The molecule has 0 bridgehead atoms. The Labute approximate surface area is 120 Å². The summed E-state index contributed by atoms with van der Waals surface area (Å²) in [5.74, 6) is 1.24. The molecule has 1 atom stereocenters. The van der Waals surface area contributed by atoms with Gasteiger partial charge in [0, 0.05) is 12.9 Å². The van der Waals surface area contributed by atoms with Gasteiger partial charge in [0.05, 0.1) is 12.6 Å². The summed E-state index contributed by atoms with van der Waals surface area (Å²) in [5, 5.41) is 3.04. The van der Waals surface area contributed by atoms with Crippen molar-refractivity contribution in [3.05, 3.63) is 35.9 Å². The maximum Gasteiger partial charge on any atom is 0.279 e. The quantitative estimate of drug-likeness (QED) is 0.828. The van der Waals surface area contributed by atoms with E-state index in [1.54, 1.807) is 7.11 Å². The van der Waals surface area contributed by atoms with Crippen LogP contribution in [0.1, 0.15) is 25.8 Å². The molecule has 106 valence electrons. The number of carbonyl (C=O) groups excluding carboxylic acids is 1. The molecule has 0 spiro atoms. The number of carbonyl (C=O) groups is 1. The van der Waals surface area contributed by atoms with Crippen LogP contribution in [0.2, 0.25) is 0 Å². The van der Waals surface area contributed by atoms with Gasteiger partial charge in [-0.2, -0.15) is 0 Å². The number of hydrogen-bond acceptors (Lipinski definition) is 3. The summed E-state index contributed by atoms with van der Waals surface area (Å²) in [6.07, 6.45) is 0.936. The van der Waals surface area contributed by atoms with E-state index < -0.39 is 0 Å². The van der Waals surface area contributed by atoms with Crippen LogP contribution in [0.4, 0.5) is 4.79 Å². The Bertz CT molecular complexity index is 368. The molecular formula is C15H23NO2S. The van der Waals surface area contributed by atoms with Crippen molar-refractivity contribution in [1.82, 2.24) is 5.32 Å². The highest BCUT2D eigenvalue weighted by Gasteiger charge is 2.14. The highest BCUT2D eigenvalue weighted by atomic mass is 32.2. The first-order chi connectivity index (χ1) is 9.11. The van der Waals surface area contributed by atoms with E-state index >= 15 is 0 Å². The second-order valence-electron chi connectivity index (χ2n) is 4.99. The van der Waals surface area contributed by atoms with Gasteiger partial charge in [-0.05, 0) is 17.9 Å². The smallest absolute Gasteiger partial charge is 0.279 e. The van der Waals surface area contributed by atoms with Crippen LogP contribution < -0.4 is 5.32 Å². The van der Waals surface area contributed by atoms with Crippen LogP contribution in [0, 0.1) is 5.92 Å². The monoisotopic (exact) mass is 281 g/mol. The summed E-state index contributed by atoms with van der Waals surface area (Å²) >= 11 is 1.31. The first kappa shape index (κ1) is 16.1. The van der Waals surface area contributed by atoms with Crippen LogP contribution in [0.5, 0.6) is 0 Å². The minimum absolute atomic E-state index is 0.0200. The lowest BCUT2D eigenvalue weighted by atomic mass is 10.0. The molecule has 0 aliphatic rings. The zero-order valence-corrected chi connectivity index (χ0v) is 12.7. The van der Waals surface area contributed by atoms with Crippen molar-refractivity contribution in [3.8, 4) is 0 Å². The average molecular weight is 281 g/mol. The predicted molar refractivity (Wildman–Crippen MR) is 81.4 cm³/mol. The zero-order valence-electron chi connectivity index (χ0n) is 11.9. The van der Waals surface area contributed by atoms with Crippen LogP contribution in [0.25, 0.3) is 0 Å². The fourth-order valence-electron chi connectivity index (χ4n) is 1.87. The van der Waals surface area contributed by atoms with E-state index in [9.17, 15) is 4.79 Å². The lowest BCUT2D eigenvalue weighted by Crippen LogP contribution is -2.36. The molecule has 1 aromatic rings. The minimum Gasteiger partial charge on any atom is -0.383 e. The highest BCUT2D eigenvalue weighted by molar-refractivity contribution is 8.12. The van der Waals surface area contributed by atoms with Crippen LogP contribution >= 0.6 is 11.8 Å². The molecule has 0 heterocycles. The predicted octanol–water partition coefficient (Wildman–Crippen LogP) is 3.69. The summed E-state index contributed by atoms with van der Waals surface area (Å²) in [6.45, 7) is 4.85. The van der Waals surface area contributed by atoms with Crippen molar-refractivity contribution in [2.75, 3.05) is 13.7 Å². The van der Waals surface area contributed by atoms with Gasteiger partial charge in [-0.25, -0.2) is 0 Å². The van der Waals surface area contributed by atoms with Gasteiger partial charge >= 0.3 is 0 Å². The van der Waals surface area contributed by atoms with Gasteiger partial charge in [-0.3, -0.25) is 4.79 Å². The molecule has 19 heavy (non-hydrogen) atoms. The van der Waals surface area contributed by atoms with Gasteiger partial charge in [0.1, 0.15) is 0 Å². The van der Waals surface area contributed by atoms with Crippen molar-refractivity contribution < 1.29 is 9.53 Å². The molecule has 1 amide bonds. The van der Waals surface area contributed by atoms with Gasteiger partial charge in [0.2, 0.25) is 0 Å². The largest absolute Gasteiger partial charge is 0.383 e. The Hall–Kier alpha value is -1.00. The summed E-state index contributed by atoms with van der Waals surface area (Å²) in [5.41, 5.74) is 1.16. The van der Waals surface area contributed by atoms with E-state index in [1.165, 1.54) is 11.8 Å². The number of thioether (sulfide) groups is 1. The lowest BCUT2D eigenvalue weighted by Gasteiger charge is -2.19. The minimum atomic E-state index is 0.0200. The third-order valence-corrected chi connectivity index (χ3v) is 3.52. The molecule has 0 saturated carbocycles. The highest BCUT2D eigenvalue weighted by Crippen LogP contribution is 2.14. The second kappa shape index (κ2) is 8.99. The second-order valence-corrected chi connectivity index (χ2v) is 5.94. The van der Waals surface area contributed by atoms with E-state index in [1.807, 2.05) is 30.3 Å². The number of hydrogen-bond donors (Lipinski definition) is 1. The molecule has 0 aliphatic heterocycles. The molecule has 0 aliphatic carbocycles. The summed E-state index contributed by atoms with van der Waals surface area (Å²) in [7, 11) is 1.66. The van der Waals surface area contributed by atoms with Gasteiger partial charge in [-0.15, -0.1) is 0 Å². The van der Waals surface area contributed by atoms with Gasteiger partial charge < -0.3 is 10.1 Å². The number of methoxy groups -OCH3 is 1. The van der Waals surface area contributed by atoms with Crippen LogP contribution in [-0.2, 0) is 10.5 Å². The van der Waals surface area contributed by atoms with Crippen molar-refractivity contribution in [2.45, 2.75) is 32.1 Å². The fraction of sp³-hybridized carbons (Fsp3) is 0.533. The Morgan fingerprint density at radius 1 is 1.32 bits per heavy atom. The SMILES string of the molecule is COCC(CC(C)C)NC(=O)SCc1ccccc1. The number of ether oxygens (including phenoxy) is 1. The molecule has 1 aromatic carbocycles. The average Bonchev–Trinajstić information content (AvgIpc) is 2.37. The van der Waals surface area contributed by atoms with Crippen LogP contribution in [0.15, 0.2) is 30.3 Å². The Morgan fingerprint density at radius 2 is 2.00 bits per heavy atom. The van der Waals surface area contributed by atoms with Crippen LogP contribution in [-0.4, -0.2) is 25.0 Å². The molecule has 0 fully saturated rings. The molecule has 1 rings (SSSR count). The van der Waals surface area contributed by atoms with Crippen molar-refractivity contribution >= 4 is 17.0 Å². The van der Waals surface area contributed by atoms with Crippen LogP contribution in [0.3, 0.4) is 0 Å². The summed E-state index contributed by atoms with van der Waals surface area (Å²) in [4.78, 5) is 11.9. The third-order valence-electron chi connectivity index (χ3n) is 2.66. The first-order valence-electron chi connectivity index (χ1n) is 6.58. The molecule has 3 nitrogen and oxygen atoms in total. The van der Waals surface area contributed by atoms with E-state index in [4.69, 9.17) is 4.74 Å². The number of amides is 1. The van der Waals surface area contributed by atoms with Crippen molar-refractivity contribution in [3.63, 3.8) is 0 Å². The fourth-order valence-corrected chi connectivity index (χ4v) is 2.61. The molecule has 1 unspecified atom stereocenters. The maximum atomic E-state index is 11.9. The first-order valence-corrected chi connectivity index (χ1v) is 7.56. The zero-order chi connectivity index (χ0) is 14.1. The number of rotatable bonds is 7. The number of nitrogens with one attached hydrogen (secondary N) is 1. The van der Waals surface area contributed by atoms with Gasteiger partial charge in [0.25, 0.3) is 5.24 Å². The van der Waals surface area contributed by atoms with E-state index in [0.717, 1.165) is 12.0 Å². The van der Waals surface area contributed by atoms with Gasteiger partial charge in [-0.1, -0.05) is 55.9 Å². The lowest BCUT2D eigenvalue weighted by molar-refractivity contribution is 0.160. The van der Waals surface area contributed by atoms with Crippen molar-refractivity contribution in [1.29, 1.82) is 0 Å². The number of benzene rings is 1. The van der Waals surface area contributed by atoms with E-state index in [-0.39, 0.29) is 11.3 Å². The molecule has 4 heteroatoms. The van der Waals surface area contributed by atoms with Gasteiger partial charge in [0.15, 0.2) is 0 Å². The molecule has 0 radical (unpaired) electrons. The molecule has 0 saturated heterocycles. The maximum absolute atomic E-state index is 11.9. The third kappa shape index (κ3) is 7.23. The standard InChI is InChI=1S/C15H23NO2S/c1-12(2)9-14(10-18-3)16-15(17)19-11-13-7-5-4-6-8-13/h4-8,12,14H,9-11H2,1-3H3,(H,16,17). The molecular weight excluding hydrogens is 258 g/mol. The molecule has 1 N–H and O–H groups in total. The Balaban J connectivity index is 2.35. The summed E-state index contributed by atoms with van der Waals surface area (Å²) < 4.78 is 5.14. The van der Waals surface area contributed by atoms with Crippen molar-refractivity contribution in [2.24, 2.45) is 5.92 Å².